The van der Waals surface area contributed by atoms with Crippen LogP contribution in [0.4, 0.5) is 22.7 Å². The molecule has 4 N–H and O–H groups in total. The quantitative estimate of drug-likeness (QED) is 0.127. The zero-order chi connectivity index (χ0) is 32.7. The van der Waals surface area contributed by atoms with Gasteiger partial charge in [-0.15, -0.1) is 0 Å². The molecule has 0 fully saturated rings. The van der Waals surface area contributed by atoms with Crippen LogP contribution in [0.3, 0.4) is 0 Å². The summed E-state index contributed by atoms with van der Waals surface area (Å²) in [5.74, 6) is -2.92. The number of carbonyl (C=O) groups is 4. The second-order valence-electron chi connectivity index (χ2n) is 8.95. The molecule has 2 amide bonds. The number of Topliss-reactive ketones (excluding diaryl/α,β-unsaturated/α-hetero) is 2. The van der Waals surface area contributed by atoms with Gasteiger partial charge in [0, 0.05) is 11.4 Å². The van der Waals surface area contributed by atoms with E-state index >= 15 is 0 Å². The molecule has 3 aromatic rings. The van der Waals surface area contributed by atoms with Crippen molar-refractivity contribution in [2.75, 3.05) is 10.6 Å². The van der Waals surface area contributed by atoms with E-state index in [-0.39, 0.29) is 32.5 Å². The lowest BCUT2D eigenvalue weighted by molar-refractivity contribution is -0.127. The lowest BCUT2D eigenvalue weighted by Gasteiger charge is -2.12. The van der Waals surface area contributed by atoms with Crippen molar-refractivity contribution in [3.8, 4) is 0 Å². The van der Waals surface area contributed by atoms with E-state index in [9.17, 15) is 36.0 Å². The maximum atomic E-state index is 12.7. The van der Waals surface area contributed by atoms with Crippen LogP contribution in [-0.2, 0) is 39.4 Å². The Balaban J connectivity index is 1.64. The van der Waals surface area contributed by atoms with Crippen LogP contribution >= 0.6 is 0 Å². The first-order valence-corrected chi connectivity index (χ1v) is 15.1. The monoisotopic (exact) mass is 644 g/mol. The fourth-order valence-corrected chi connectivity index (χ4v) is 4.27. The molecule has 3 aromatic carbocycles. The highest BCUT2D eigenvalue weighted by molar-refractivity contribution is 7.86. The van der Waals surface area contributed by atoms with E-state index in [2.05, 4.69) is 31.1 Å². The summed E-state index contributed by atoms with van der Waals surface area (Å²) in [6.07, 6.45) is 0. The number of ketones is 2. The first-order chi connectivity index (χ1) is 20.5. The van der Waals surface area contributed by atoms with Gasteiger partial charge in [-0.3, -0.25) is 28.3 Å². The minimum absolute atomic E-state index is 0.120. The largest absolute Gasteiger partial charge is 0.324 e. The van der Waals surface area contributed by atoms with Crippen molar-refractivity contribution in [1.82, 2.24) is 0 Å². The summed E-state index contributed by atoms with van der Waals surface area (Å²) in [5, 5.41) is 20.0. The van der Waals surface area contributed by atoms with Gasteiger partial charge in [-0.05, 0) is 86.6 Å². The molecule has 0 heterocycles. The molecule has 2 atom stereocenters. The number of nitrogens with zero attached hydrogens (tertiary/aromatic N) is 4. The Hall–Kier alpha value is -5.04. The molecule has 0 bridgehead atoms. The van der Waals surface area contributed by atoms with Crippen LogP contribution in [-0.4, -0.2) is 61.4 Å². The molecular weight excluding hydrogens is 620 g/mol. The predicted molar refractivity (Wildman–Crippen MR) is 154 cm³/mol. The van der Waals surface area contributed by atoms with E-state index in [1.807, 2.05) is 0 Å². The summed E-state index contributed by atoms with van der Waals surface area (Å²) < 4.78 is 62.6. The zero-order valence-corrected chi connectivity index (χ0v) is 24.5. The Morgan fingerprint density at radius 3 is 1.11 bits per heavy atom. The summed E-state index contributed by atoms with van der Waals surface area (Å²) >= 11 is 0. The highest BCUT2D eigenvalue weighted by Gasteiger charge is 2.25. The van der Waals surface area contributed by atoms with Gasteiger partial charge in [0.25, 0.3) is 32.1 Å². The van der Waals surface area contributed by atoms with E-state index in [1.165, 1.54) is 48.5 Å². The molecule has 230 valence electrons. The highest BCUT2D eigenvalue weighted by Crippen LogP contribution is 2.20. The first-order valence-electron chi connectivity index (χ1n) is 12.2. The van der Waals surface area contributed by atoms with Gasteiger partial charge in [0.05, 0.1) is 21.2 Å². The van der Waals surface area contributed by atoms with Gasteiger partial charge >= 0.3 is 0 Å². The zero-order valence-electron chi connectivity index (χ0n) is 22.8. The van der Waals surface area contributed by atoms with E-state index < -0.39 is 55.7 Å². The van der Waals surface area contributed by atoms with Crippen molar-refractivity contribution in [3.05, 3.63) is 72.8 Å². The summed E-state index contributed by atoms with van der Waals surface area (Å²) in [4.78, 5) is 48.7. The Labute approximate surface area is 250 Å². The summed E-state index contributed by atoms with van der Waals surface area (Å²) in [5.41, 5.74) is 0.691. The molecule has 44 heavy (non-hydrogen) atoms. The van der Waals surface area contributed by atoms with Crippen LogP contribution in [0.15, 0.2) is 103 Å². The third kappa shape index (κ3) is 9.49. The minimum atomic E-state index is -4.41. The Morgan fingerprint density at radius 1 is 0.568 bits per heavy atom. The molecule has 0 aliphatic heterocycles. The summed E-state index contributed by atoms with van der Waals surface area (Å²) in [6.45, 7) is 2.25. The van der Waals surface area contributed by atoms with Crippen molar-refractivity contribution < 1.29 is 45.1 Å². The fourth-order valence-electron chi connectivity index (χ4n) is 3.31. The summed E-state index contributed by atoms with van der Waals surface area (Å²) in [7, 11) is -8.82. The number of amides is 2. The molecule has 0 saturated heterocycles. The van der Waals surface area contributed by atoms with Crippen LogP contribution < -0.4 is 10.6 Å². The fraction of sp³-hybridized carbons (Fsp3) is 0.154. The highest BCUT2D eigenvalue weighted by atomic mass is 32.2. The molecule has 16 nitrogen and oxygen atoms in total. The average molecular weight is 645 g/mol. The molecule has 0 spiro atoms. The third-order valence-corrected chi connectivity index (χ3v) is 7.27. The van der Waals surface area contributed by atoms with Crippen LogP contribution in [0.5, 0.6) is 0 Å². The average Bonchev–Trinajstić information content (AvgIpc) is 2.93. The van der Waals surface area contributed by atoms with Gasteiger partial charge in [-0.25, -0.2) is 0 Å². The van der Waals surface area contributed by atoms with Gasteiger partial charge in [-0.2, -0.15) is 37.3 Å². The second kappa shape index (κ2) is 14.0. The van der Waals surface area contributed by atoms with E-state index in [0.29, 0.717) is 0 Å². The van der Waals surface area contributed by atoms with E-state index in [4.69, 9.17) is 9.11 Å². The van der Waals surface area contributed by atoms with Crippen LogP contribution in [0.2, 0.25) is 0 Å². The van der Waals surface area contributed by atoms with Gasteiger partial charge in [-0.1, -0.05) is 0 Å². The maximum Gasteiger partial charge on any atom is 0.294 e. The smallest absolute Gasteiger partial charge is 0.294 e. The van der Waals surface area contributed by atoms with Crippen LogP contribution in [0.1, 0.15) is 13.8 Å². The predicted octanol–water partition coefficient (Wildman–Crippen LogP) is 3.54. The molecule has 0 aliphatic carbocycles. The Kier molecular flexibility index (Phi) is 10.6. The van der Waals surface area contributed by atoms with Crippen molar-refractivity contribution in [2.45, 2.75) is 35.7 Å². The van der Waals surface area contributed by atoms with Crippen LogP contribution in [0.25, 0.3) is 0 Å². The molecule has 0 aliphatic rings. The number of carbonyl (C=O) groups excluding carboxylic acids is 4. The summed E-state index contributed by atoms with van der Waals surface area (Å²) in [6, 6.07) is 11.7. The van der Waals surface area contributed by atoms with E-state index in [0.717, 1.165) is 38.1 Å². The number of benzene rings is 3. The second-order valence-corrected chi connectivity index (χ2v) is 11.8. The molecular formula is C26H24N6O10S2. The lowest BCUT2D eigenvalue weighted by atomic mass is 10.2. The lowest BCUT2D eigenvalue weighted by Crippen LogP contribution is -2.32. The van der Waals surface area contributed by atoms with Crippen molar-refractivity contribution in [2.24, 2.45) is 20.5 Å². The topological polar surface area (TPSA) is 251 Å². The number of anilines is 2. The number of nitrogens with one attached hydrogen (secondary N) is 2. The molecule has 0 radical (unpaired) electrons. The van der Waals surface area contributed by atoms with Gasteiger partial charge in [0.15, 0.2) is 11.6 Å². The Morgan fingerprint density at radius 2 is 0.864 bits per heavy atom. The number of rotatable bonds is 12. The number of hydrogen-bond donors (Lipinski definition) is 4. The first kappa shape index (κ1) is 33.5. The molecule has 18 heteroatoms. The molecule has 0 saturated carbocycles. The standard InChI is InChI=1S/C26H24N6O10S2/c1-15(33)23(31-29-19-7-11-21(12-8-19)43(37,38)39)25(35)27-17-3-5-18(6-4-17)28-26(36)24(16(2)34)32-30-20-9-13-22(14-10-20)44(40,41)42/h3-14,23-24H,1-2H3,(H,27,35)(H,28,36)(H,37,38,39)(H,40,41,42). The Bertz CT molecular complexity index is 1700. The van der Waals surface area contributed by atoms with Gasteiger partial charge in [0.2, 0.25) is 12.1 Å². The van der Waals surface area contributed by atoms with Gasteiger partial charge < -0.3 is 10.6 Å². The molecule has 3 rings (SSSR count). The SMILES string of the molecule is CC(=O)C(N=Nc1ccc(S(=O)(=O)O)cc1)C(=O)Nc1ccc(NC(=O)C(N=Nc2ccc(S(=O)(=O)O)cc2)C(C)=O)cc1. The van der Waals surface area contributed by atoms with Crippen molar-refractivity contribution in [1.29, 1.82) is 0 Å². The number of azo groups is 2. The minimum Gasteiger partial charge on any atom is -0.324 e. The van der Waals surface area contributed by atoms with Crippen molar-refractivity contribution in [3.63, 3.8) is 0 Å². The van der Waals surface area contributed by atoms with Gasteiger partial charge in [0.1, 0.15) is 0 Å². The maximum absolute atomic E-state index is 12.7. The molecule has 2 unspecified atom stereocenters. The normalized spacial score (nSPS) is 13.4. The van der Waals surface area contributed by atoms with Crippen LogP contribution in [0, 0.1) is 0 Å². The van der Waals surface area contributed by atoms with Crippen molar-refractivity contribution >= 4 is 66.4 Å². The molecule has 0 aromatic heterocycles. The van der Waals surface area contributed by atoms with E-state index in [1.54, 1.807) is 0 Å². The number of hydrogen-bond acceptors (Lipinski definition) is 12. The third-order valence-electron chi connectivity index (χ3n) is 5.53.